The van der Waals surface area contributed by atoms with Crippen molar-refractivity contribution in [3.8, 4) is 0 Å². The fraction of sp³-hybridized carbons (Fsp3) is 0.818. The molecule has 1 saturated heterocycles. The van der Waals surface area contributed by atoms with Crippen molar-refractivity contribution in [2.45, 2.75) is 51.7 Å². The summed E-state index contributed by atoms with van der Waals surface area (Å²) in [6, 6.07) is 0. The van der Waals surface area contributed by atoms with E-state index in [1.165, 1.54) is 0 Å². The molecule has 0 bridgehead atoms. The molecule has 2 unspecified atom stereocenters. The minimum Gasteiger partial charge on any atom is -0.495 e. The van der Waals surface area contributed by atoms with Crippen LogP contribution in [0, 0.1) is 5.92 Å². The fourth-order valence-electron chi connectivity index (χ4n) is 1.68. The Morgan fingerprint density at radius 2 is 2.31 bits per heavy atom. The van der Waals surface area contributed by atoms with Crippen molar-refractivity contribution in [2.24, 2.45) is 5.92 Å². The van der Waals surface area contributed by atoms with Crippen LogP contribution < -0.4 is 0 Å². The van der Waals surface area contributed by atoms with Gasteiger partial charge in [-0.05, 0) is 18.8 Å². The third-order valence-electron chi connectivity index (χ3n) is 2.40. The summed E-state index contributed by atoms with van der Waals surface area (Å²) in [5, 5.41) is 9.47. The first kappa shape index (κ1) is 10.6. The minimum absolute atomic E-state index is 0.193. The summed E-state index contributed by atoms with van der Waals surface area (Å²) >= 11 is 0. The average molecular weight is 184 g/mol. The first-order chi connectivity index (χ1) is 6.08. The Morgan fingerprint density at radius 3 is 2.85 bits per heavy atom. The lowest BCUT2D eigenvalue weighted by atomic mass is 9.97. The van der Waals surface area contributed by atoms with E-state index in [4.69, 9.17) is 4.74 Å². The maximum Gasteiger partial charge on any atom is 0.101 e. The molecule has 0 aromatic rings. The van der Waals surface area contributed by atoms with Gasteiger partial charge in [0.25, 0.3) is 0 Å². The Balaban J connectivity index is 2.29. The molecule has 76 valence electrons. The molecule has 2 heteroatoms. The number of ether oxygens (including phenoxy) is 1. The van der Waals surface area contributed by atoms with Crippen LogP contribution in [0.4, 0.5) is 0 Å². The van der Waals surface area contributed by atoms with Crippen molar-refractivity contribution in [3.63, 3.8) is 0 Å². The Labute approximate surface area is 80.6 Å². The van der Waals surface area contributed by atoms with Crippen molar-refractivity contribution in [1.82, 2.24) is 0 Å². The molecule has 1 rings (SSSR count). The first-order valence-corrected chi connectivity index (χ1v) is 5.10. The monoisotopic (exact) mass is 184 g/mol. The smallest absolute Gasteiger partial charge is 0.101 e. The summed E-state index contributed by atoms with van der Waals surface area (Å²) in [6.45, 7) is 8.16. The third kappa shape index (κ3) is 3.81. The van der Waals surface area contributed by atoms with E-state index in [1.54, 1.807) is 0 Å². The minimum atomic E-state index is -0.238. The van der Waals surface area contributed by atoms with Crippen molar-refractivity contribution >= 4 is 0 Å². The third-order valence-corrected chi connectivity index (χ3v) is 2.40. The Morgan fingerprint density at radius 1 is 1.62 bits per heavy atom. The molecule has 0 aromatic carbocycles. The van der Waals surface area contributed by atoms with Gasteiger partial charge in [-0.3, -0.25) is 0 Å². The second-order valence-electron chi connectivity index (χ2n) is 4.34. The molecule has 0 spiro atoms. The summed E-state index contributed by atoms with van der Waals surface area (Å²) in [7, 11) is 0. The van der Waals surface area contributed by atoms with Gasteiger partial charge in [-0.1, -0.05) is 20.4 Å². The molecule has 2 atom stereocenters. The van der Waals surface area contributed by atoms with Crippen LogP contribution in [0.5, 0.6) is 0 Å². The predicted octanol–water partition coefficient (Wildman–Crippen LogP) is 2.48. The quantitative estimate of drug-likeness (QED) is 0.730. The topological polar surface area (TPSA) is 29.5 Å². The number of hydrogen-bond donors (Lipinski definition) is 1. The van der Waals surface area contributed by atoms with Gasteiger partial charge in [0, 0.05) is 12.8 Å². The highest BCUT2D eigenvalue weighted by atomic mass is 16.5. The van der Waals surface area contributed by atoms with Crippen molar-refractivity contribution < 1.29 is 9.84 Å². The number of aliphatic hydroxyl groups is 1. The van der Waals surface area contributed by atoms with Crippen molar-refractivity contribution in [3.05, 3.63) is 12.3 Å². The highest BCUT2D eigenvalue weighted by Gasteiger charge is 2.23. The van der Waals surface area contributed by atoms with Gasteiger partial charge in [-0.2, -0.15) is 0 Å². The standard InChI is InChI=1S/C11H20O2/c1-8(2)4-5-11-7-10(12)6-9(3)13-11/h8,10-12H,3-7H2,1-2H3. The van der Waals surface area contributed by atoms with Gasteiger partial charge in [0.1, 0.15) is 6.10 Å². The highest BCUT2D eigenvalue weighted by Crippen LogP contribution is 2.25. The van der Waals surface area contributed by atoms with Crippen LogP contribution in [-0.4, -0.2) is 17.3 Å². The molecule has 1 N–H and O–H groups in total. The van der Waals surface area contributed by atoms with E-state index in [9.17, 15) is 5.11 Å². The van der Waals surface area contributed by atoms with Gasteiger partial charge in [0.15, 0.2) is 0 Å². The lowest BCUT2D eigenvalue weighted by molar-refractivity contribution is -0.00375. The van der Waals surface area contributed by atoms with Gasteiger partial charge in [-0.25, -0.2) is 0 Å². The zero-order valence-electron chi connectivity index (χ0n) is 8.62. The van der Waals surface area contributed by atoms with Crippen LogP contribution in [0.15, 0.2) is 12.3 Å². The van der Waals surface area contributed by atoms with Gasteiger partial charge in [0.05, 0.1) is 11.9 Å². The van der Waals surface area contributed by atoms with E-state index in [2.05, 4.69) is 20.4 Å². The van der Waals surface area contributed by atoms with E-state index in [1.807, 2.05) is 0 Å². The molecular weight excluding hydrogens is 164 g/mol. The van der Waals surface area contributed by atoms with E-state index >= 15 is 0 Å². The van der Waals surface area contributed by atoms with Crippen molar-refractivity contribution in [2.75, 3.05) is 0 Å². The molecule has 0 saturated carbocycles. The summed E-state index contributed by atoms with van der Waals surface area (Å²) < 4.78 is 5.55. The van der Waals surface area contributed by atoms with E-state index in [-0.39, 0.29) is 12.2 Å². The molecule has 0 radical (unpaired) electrons. The molecule has 0 aromatic heterocycles. The summed E-state index contributed by atoms with van der Waals surface area (Å²) in [5.41, 5.74) is 0. The van der Waals surface area contributed by atoms with Crippen LogP contribution in [-0.2, 0) is 4.74 Å². The molecular formula is C11H20O2. The molecule has 0 aliphatic carbocycles. The molecule has 1 aliphatic rings. The number of aliphatic hydroxyl groups excluding tert-OH is 1. The van der Waals surface area contributed by atoms with Crippen LogP contribution >= 0.6 is 0 Å². The fourth-order valence-corrected chi connectivity index (χ4v) is 1.68. The maximum atomic E-state index is 9.47. The molecule has 2 nitrogen and oxygen atoms in total. The number of hydrogen-bond acceptors (Lipinski definition) is 2. The summed E-state index contributed by atoms with van der Waals surface area (Å²) in [6.07, 6.45) is 3.53. The van der Waals surface area contributed by atoms with Crippen LogP contribution in [0.25, 0.3) is 0 Å². The van der Waals surface area contributed by atoms with Gasteiger partial charge < -0.3 is 9.84 Å². The zero-order valence-corrected chi connectivity index (χ0v) is 8.62. The normalized spacial score (nSPS) is 29.1. The molecule has 1 aliphatic heterocycles. The average Bonchev–Trinajstić information content (AvgIpc) is 1.99. The first-order valence-electron chi connectivity index (χ1n) is 5.10. The Bertz CT molecular complexity index is 175. The SMILES string of the molecule is C=C1CC(O)CC(CCC(C)C)O1. The lowest BCUT2D eigenvalue weighted by Crippen LogP contribution is -2.27. The number of rotatable bonds is 3. The molecule has 1 heterocycles. The summed E-state index contributed by atoms with van der Waals surface area (Å²) in [5.74, 6) is 1.45. The molecule has 1 fully saturated rings. The maximum absolute atomic E-state index is 9.47. The van der Waals surface area contributed by atoms with Gasteiger partial charge in [-0.15, -0.1) is 0 Å². The summed E-state index contributed by atoms with van der Waals surface area (Å²) in [4.78, 5) is 0. The predicted molar refractivity (Wildman–Crippen MR) is 53.3 cm³/mol. The molecule has 13 heavy (non-hydrogen) atoms. The van der Waals surface area contributed by atoms with Crippen LogP contribution in [0.1, 0.15) is 39.5 Å². The van der Waals surface area contributed by atoms with E-state index in [0.717, 1.165) is 25.0 Å². The van der Waals surface area contributed by atoms with E-state index in [0.29, 0.717) is 12.3 Å². The largest absolute Gasteiger partial charge is 0.495 e. The zero-order chi connectivity index (χ0) is 9.84. The van der Waals surface area contributed by atoms with Crippen molar-refractivity contribution in [1.29, 1.82) is 0 Å². The second kappa shape index (κ2) is 4.66. The Hall–Kier alpha value is -0.500. The highest BCUT2D eigenvalue weighted by molar-refractivity contribution is 4.92. The van der Waals surface area contributed by atoms with E-state index < -0.39 is 0 Å². The van der Waals surface area contributed by atoms with Gasteiger partial charge in [0.2, 0.25) is 0 Å². The second-order valence-corrected chi connectivity index (χ2v) is 4.34. The Kier molecular flexibility index (Phi) is 3.79. The van der Waals surface area contributed by atoms with Crippen LogP contribution in [0.3, 0.4) is 0 Å². The lowest BCUT2D eigenvalue weighted by Gasteiger charge is -2.29. The van der Waals surface area contributed by atoms with Crippen LogP contribution in [0.2, 0.25) is 0 Å². The van der Waals surface area contributed by atoms with Gasteiger partial charge >= 0.3 is 0 Å². The molecule has 0 amide bonds.